The van der Waals surface area contributed by atoms with Crippen LogP contribution in [0.25, 0.3) is 10.9 Å². The Bertz CT molecular complexity index is 1700. The zero-order valence-corrected chi connectivity index (χ0v) is 25.5. The molecule has 2 aromatic rings. The molecule has 1 saturated carbocycles. The number of piperazine rings is 1. The molecule has 4 aliphatic rings. The molecular weight excluding hydrogens is 611 g/mol. The molecule has 4 atom stereocenters. The van der Waals surface area contributed by atoms with Gasteiger partial charge in [-0.3, -0.25) is 9.59 Å². The number of aromatic nitrogens is 1. The van der Waals surface area contributed by atoms with Crippen molar-refractivity contribution in [1.29, 1.82) is 0 Å². The van der Waals surface area contributed by atoms with Crippen molar-refractivity contribution in [3.05, 3.63) is 50.5 Å². The third kappa shape index (κ3) is 5.31. The highest BCUT2D eigenvalue weighted by atomic mass is 32.2. The van der Waals surface area contributed by atoms with Gasteiger partial charge in [0.2, 0.25) is 11.3 Å². The number of carbonyl (C=O) groups is 4. The van der Waals surface area contributed by atoms with E-state index in [-0.39, 0.29) is 54.2 Å². The van der Waals surface area contributed by atoms with Crippen LogP contribution in [0.1, 0.15) is 43.1 Å². The molecule has 0 radical (unpaired) electrons. The summed E-state index contributed by atoms with van der Waals surface area (Å²) in [7, 11) is 0. The highest BCUT2D eigenvalue weighted by molar-refractivity contribution is 8.03. The van der Waals surface area contributed by atoms with Crippen molar-refractivity contribution in [2.45, 2.75) is 44.9 Å². The lowest BCUT2D eigenvalue weighted by Gasteiger charge is -2.46. The number of rotatable bonds is 9. The molecule has 13 nitrogen and oxygen atoms in total. The highest BCUT2D eigenvalue weighted by Crippen LogP contribution is 2.50. The van der Waals surface area contributed by atoms with Crippen LogP contribution in [-0.2, 0) is 14.3 Å². The Morgan fingerprint density at radius 3 is 2.38 bits per heavy atom. The van der Waals surface area contributed by atoms with E-state index in [9.17, 15) is 39.3 Å². The van der Waals surface area contributed by atoms with E-state index in [1.807, 2.05) is 6.92 Å². The maximum atomic E-state index is 15.3. The number of anilines is 1. The van der Waals surface area contributed by atoms with E-state index < -0.39 is 58.8 Å². The fourth-order valence-corrected chi connectivity index (χ4v) is 7.74. The average Bonchev–Trinajstić information content (AvgIpc) is 3.80. The van der Waals surface area contributed by atoms with Gasteiger partial charge >= 0.3 is 18.0 Å². The number of thioether (sulfide) groups is 1. The Kier molecular flexibility index (Phi) is 8.01. The van der Waals surface area contributed by atoms with E-state index >= 15 is 4.39 Å². The molecule has 1 aromatic heterocycles. The van der Waals surface area contributed by atoms with E-state index in [4.69, 9.17) is 4.74 Å². The third-order valence-corrected chi connectivity index (χ3v) is 10.3. The molecule has 3 aliphatic heterocycles. The molecule has 1 aromatic carbocycles. The Morgan fingerprint density at radius 2 is 1.78 bits per heavy atom. The number of ether oxygens (including phenoxy) is 1. The van der Waals surface area contributed by atoms with Crippen LogP contribution in [0, 0.1) is 17.7 Å². The number of β-lactam (4-membered cyclic amide) rings is 1. The topological polar surface area (TPSA) is 170 Å². The minimum atomic E-state index is -1.36. The maximum Gasteiger partial charge on any atom is 0.409 e. The van der Waals surface area contributed by atoms with Gasteiger partial charge in [0, 0.05) is 60.4 Å². The van der Waals surface area contributed by atoms with Crippen molar-refractivity contribution in [1.82, 2.24) is 14.4 Å². The quantitative estimate of drug-likeness (QED) is 0.271. The van der Waals surface area contributed by atoms with Gasteiger partial charge in [0.25, 0.3) is 0 Å². The van der Waals surface area contributed by atoms with Crippen LogP contribution in [0.4, 0.5) is 14.9 Å². The number of benzene rings is 1. The Labute approximate surface area is 260 Å². The molecule has 15 heteroatoms. The lowest BCUT2D eigenvalue weighted by atomic mass is 9.79. The monoisotopic (exact) mass is 644 g/mol. The van der Waals surface area contributed by atoms with Gasteiger partial charge in [-0.25, -0.2) is 18.8 Å². The Morgan fingerprint density at radius 1 is 1.09 bits per heavy atom. The van der Waals surface area contributed by atoms with Crippen LogP contribution in [0.15, 0.2) is 33.7 Å². The van der Waals surface area contributed by atoms with Gasteiger partial charge < -0.3 is 39.3 Å². The van der Waals surface area contributed by atoms with Gasteiger partial charge in [0.15, 0.2) is 0 Å². The van der Waals surface area contributed by atoms with Gasteiger partial charge in [0.1, 0.15) is 23.7 Å². The lowest BCUT2D eigenvalue weighted by molar-refractivity contribution is -0.163. The number of aliphatic hydroxyl groups is 1. The summed E-state index contributed by atoms with van der Waals surface area (Å²) in [6, 6.07) is 2.30. The van der Waals surface area contributed by atoms with Crippen molar-refractivity contribution < 1.29 is 43.6 Å². The van der Waals surface area contributed by atoms with E-state index in [2.05, 4.69) is 0 Å². The number of aromatic carboxylic acids is 1. The summed E-state index contributed by atoms with van der Waals surface area (Å²) in [6.45, 7) is 4.44. The Hall–Kier alpha value is -4.11. The number of pyridine rings is 1. The van der Waals surface area contributed by atoms with Crippen LogP contribution < -0.4 is 10.3 Å². The minimum Gasteiger partial charge on any atom is -0.477 e. The molecule has 4 heterocycles. The SMILES string of the molecule is C[C@@H]1C(SCCOC(=O)N2CCN(c3cc4c(cc3F)c(=O)c(C(=O)O)cn4C3CC3)CC2)=C(C(=O)O)N2C(=O)[C@@H]([C@@H](C)O)[C@H]12. The van der Waals surface area contributed by atoms with Crippen LogP contribution in [0.5, 0.6) is 0 Å². The number of carboxylic acid groups (broad SMARTS) is 2. The number of halogens is 1. The first-order valence-corrected chi connectivity index (χ1v) is 15.8. The molecule has 0 unspecified atom stereocenters. The van der Waals surface area contributed by atoms with Gasteiger partial charge in [-0.1, -0.05) is 6.92 Å². The molecule has 1 aliphatic carbocycles. The van der Waals surface area contributed by atoms with Crippen LogP contribution in [-0.4, -0.2) is 104 Å². The van der Waals surface area contributed by atoms with Gasteiger partial charge in [-0.15, -0.1) is 11.8 Å². The summed E-state index contributed by atoms with van der Waals surface area (Å²) in [5.74, 6) is -4.30. The van der Waals surface area contributed by atoms with Crippen molar-refractivity contribution in [2.75, 3.05) is 43.4 Å². The number of hydrogen-bond donors (Lipinski definition) is 3. The number of aliphatic hydroxyl groups excluding tert-OH is 1. The van der Waals surface area contributed by atoms with E-state index in [1.54, 1.807) is 15.5 Å². The summed E-state index contributed by atoms with van der Waals surface area (Å²) < 4.78 is 22.4. The number of carboxylic acids is 2. The number of aliphatic carboxylic acids is 1. The van der Waals surface area contributed by atoms with Gasteiger partial charge in [-0.2, -0.15) is 0 Å². The van der Waals surface area contributed by atoms with Crippen molar-refractivity contribution in [3.63, 3.8) is 0 Å². The minimum absolute atomic E-state index is 0.00159. The van der Waals surface area contributed by atoms with Gasteiger partial charge in [0.05, 0.1) is 29.3 Å². The predicted molar refractivity (Wildman–Crippen MR) is 161 cm³/mol. The van der Waals surface area contributed by atoms with Crippen LogP contribution >= 0.6 is 11.8 Å². The number of carbonyl (C=O) groups excluding carboxylic acids is 2. The molecule has 3 N–H and O–H groups in total. The predicted octanol–water partition coefficient (Wildman–Crippen LogP) is 2.32. The number of hydrogen-bond acceptors (Lipinski definition) is 9. The second kappa shape index (κ2) is 11.7. The second-order valence-corrected chi connectivity index (χ2v) is 13.0. The summed E-state index contributed by atoms with van der Waals surface area (Å²) in [5.41, 5.74) is -0.478. The largest absolute Gasteiger partial charge is 0.477 e. The molecule has 240 valence electrons. The summed E-state index contributed by atoms with van der Waals surface area (Å²) in [5, 5.41) is 29.2. The highest BCUT2D eigenvalue weighted by Gasteiger charge is 2.59. The maximum absolute atomic E-state index is 15.3. The van der Waals surface area contributed by atoms with E-state index in [0.717, 1.165) is 18.9 Å². The number of fused-ring (bicyclic) bond motifs is 2. The smallest absolute Gasteiger partial charge is 0.409 e. The molecular formula is C30H33FN4O9S. The zero-order chi connectivity index (χ0) is 32.3. The van der Waals surface area contributed by atoms with Crippen molar-refractivity contribution in [3.8, 4) is 0 Å². The molecule has 45 heavy (non-hydrogen) atoms. The normalized spacial score (nSPS) is 23.7. The average molecular weight is 645 g/mol. The van der Waals surface area contributed by atoms with Crippen molar-refractivity contribution in [2.24, 2.45) is 11.8 Å². The van der Waals surface area contributed by atoms with Crippen LogP contribution in [0.2, 0.25) is 0 Å². The zero-order valence-electron chi connectivity index (χ0n) is 24.6. The first-order chi connectivity index (χ1) is 21.4. The van der Waals surface area contributed by atoms with Gasteiger partial charge in [-0.05, 0) is 31.9 Å². The summed E-state index contributed by atoms with van der Waals surface area (Å²) in [6.07, 6.45) is 1.55. The van der Waals surface area contributed by atoms with Crippen LogP contribution in [0.3, 0.4) is 0 Å². The van der Waals surface area contributed by atoms with E-state index in [1.165, 1.54) is 34.7 Å². The Balaban J connectivity index is 1.06. The fourth-order valence-electron chi connectivity index (χ4n) is 6.63. The number of nitrogens with zero attached hydrogens (tertiary/aromatic N) is 4. The van der Waals surface area contributed by atoms with E-state index in [0.29, 0.717) is 23.5 Å². The first kappa shape index (κ1) is 30.9. The molecule has 0 spiro atoms. The van der Waals surface area contributed by atoms with Crippen molar-refractivity contribution >= 4 is 52.3 Å². The first-order valence-electron chi connectivity index (χ1n) is 14.8. The third-order valence-electron chi connectivity index (χ3n) is 9.03. The standard InChI is InChI=1S/C30H33FN4O9S/c1-14-23-22(15(2)36)27(38)35(23)24(29(41)42)26(14)45-10-9-44-30(43)33-7-5-32(6-8-33)21-12-20-17(11-19(21)31)25(37)18(28(39)40)13-34(20)16-3-4-16/h11-16,22-23,36H,3-10H2,1-2H3,(H,39,40)(H,41,42)/t14-,15+,22-,23-/m0/s1. The molecule has 6 rings (SSSR count). The lowest BCUT2D eigenvalue weighted by Crippen LogP contribution is -2.63. The second-order valence-electron chi connectivity index (χ2n) is 11.8. The molecule has 2 saturated heterocycles. The molecule has 3 fully saturated rings. The fraction of sp³-hybridized carbons (Fsp3) is 0.500. The molecule has 2 amide bonds. The summed E-state index contributed by atoms with van der Waals surface area (Å²) in [4.78, 5) is 66.6. The molecule has 0 bridgehead atoms. The summed E-state index contributed by atoms with van der Waals surface area (Å²) >= 11 is 1.21. The number of amides is 2.